The number of nitro groups is 1. The first-order valence-corrected chi connectivity index (χ1v) is 4.83. The first kappa shape index (κ1) is 15.5. The van der Waals surface area contributed by atoms with Gasteiger partial charge in [0.1, 0.15) is 5.69 Å². The molecule has 0 atom stereocenters. The number of nitrogens with zero attached hydrogens (tertiary/aromatic N) is 2. The van der Waals surface area contributed by atoms with Crippen molar-refractivity contribution in [3.63, 3.8) is 0 Å². The van der Waals surface area contributed by atoms with Gasteiger partial charge in [-0.1, -0.05) is 0 Å². The molecule has 0 spiro atoms. The van der Waals surface area contributed by atoms with E-state index in [1.807, 2.05) is 0 Å². The third kappa shape index (κ3) is 3.70. The summed E-state index contributed by atoms with van der Waals surface area (Å²) in [7, 11) is 0.959. The summed E-state index contributed by atoms with van der Waals surface area (Å²) in [4.78, 5) is 23.6. The average molecular weight is 296 g/mol. The van der Waals surface area contributed by atoms with Crippen LogP contribution >= 0.6 is 0 Å². The summed E-state index contributed by atoms with van der Waals surface area (Å²) < 4.78 is 44.8. The molecule has 20 heavy (non-hydrogen) atoms. The lowest BCUT2D eigenvalue weighted by molar-refractivity contribution is -0.389. The first-order valence-electron chi connectivity index (χ1n) is 4.83. The molecule has 0 fully saturated rings. The van der Waals surface area contributed by atoms with E-state index in [0.717, 1.165) is 7.11 Å². The minimum absolute atomic E-state index is 0.636. The van der Waals surface area contributed by atoms with Crippen molar-refractivity contribution in [2.75, 3.05) is 7.11 Å². The standard InChI is InChI=1S/C9H7F3N2O6/c1-19-5-3-13-4(2-6(15)16)7(14(17)18)8(5)20-9(10,11)12/h3H,2H2,1H3,(H,15,16). The van der Waals surface area contributed by atoms with E-state index in [1.165, 1.54) is 0 Å². The highest BCUT2D eigenvalue weighted by molar-refractivity contribution is 5.73. The maximum Gasteiger partial charge on any atom is 0.573 e. The quantitative estimate of drug-likeness (QED) is 0.647. The number of carbonyl (C=O) groups is 1. The van der Waals surface area contributed by atoms with Gasteiger partial charge in [-0.2, -0.15) is 0 Å². The zero-order chi connectivity index (χ0) is 15.5. The van der Waals surface area contributed by atoms with Gasteiger partial charge in [-0.25, -0.2) is 4.98 Å². The number of ether oxygens (including phenoxy) is 2. The summed E-state index contributed by atoms with van der Waals surface area (Å²) in [5, 5.41) is 19.4. The van der Waals surface area contributed by atoms with Gasteiger partial charge in [0.05, 0.1) is 24.7 Å². The van der Waals surface area contributed by atoms with Crippen LogP contribution in [0.25, 0.3) is 0 Å². The van der Waals surface area contributed by atoms with Crippen LogP contribution in [0.1, 0.15) is 5.69 Å². The number of hydrogen-bond acceptors (Lipinski definition) is 6. The molecule has 0 aromatic carbocycles. The molecule has 1 aromatic heterocycles. The van der Waals surface area contributed by atoms with Crippen molar-refractivity contribution in [1.82, 2.24) is 4.98 Å². The predicted molar refractivity (Wildman–Crippen MR) is 55.5 cm³/mol. The van der Waals surface area contributed by atoms with E-state index >= 15 is 0 Å². The number of methoxy groups -OCH3 is 1. The number of alkyl halides is 3. The molecule has 0 amide bonds. The molecule has 0 aliphatic carbocycles. The van der Waals surface area contributed by atoms with E-state index in [1.54, 1.807) is 0 Å². The third-order valence-corrected chi connectivity index (χ3v) is 1.99. The lowest BCUT2D eigenvalue weighted by Gasteiger charge is -2.13. The zero-order valence-corrected chi connectivity index (χ0v) is 9.80. The Morgan fingerprint density at radius 1 is 1.55 bits per heavy atom. The molecule has 1 heterocycles. The zero-order valence-electron chi connectivity index (χ0n) is 9.80. The molecular formula is C9H7F3N2O6. The Bertz CT molecular complexity index is 545. The van der Waals surface area contributed by atoms with Crippen LogP contribution < -0.4 is 9.47 Å². The number of hydrogen-bond donors (Lipinski definition) is 1. The Kier molecular flexibility index (Phi) is 4.32. The number of pyridine rings is 1. The van der Waals surface area contributed by atoms with E-state index in [0.29, 0.717) is 6.20 Å². The Balaban J connectivity index is 3.48. The van der Waals surface area contributed by atoms with Crippen molar-refractivity contribution in [1.29, 1.82) is 0 Å². The molecule has 0 aliphatic rings. The van der Waals surface area contributed by atoms with Crippen LogP contribution in [0.3, 0.4) is 0 Å². The predicted octanol–water partition coefficient (Wildman–Crippen LogP) is 1.52. The lowest BCUT2D eigenvalue weighted by atomic mass is 10.2. The maximum absolute atomic E-state index is 12.3. The van der Waals surface area contributed by atoms with Crippen molar-refractivity contribution >= 4 is 11.7 Å². The van der Waals surface area contributed by atoms with Crippen LogP contribution in [0.4, 0.5) is 18.9 Å². The molecule has 0 radical (unpaired) electrons. The molecule has 110 valence electrons. The van der Waals surface area contributed by atoms with Crippen LogP contribution in [-0.4, -0.2) is 34.5 Å². The fourth-order valence-electron chi connectivity index (χ4n) is 1.32. The first-order chi connectivity index (χ1) is 9.15. The number of rotatable bonds is 5. The Morgan fingerprint density at radius 3 is 2.55 bits per heavy atom. The fourth-order valence-corrected chi connectivity index (χ4v) is 1.32. The van der Waals surface area contributed by atoms with Crippen molar-refractivity contribution in [3.8, 4) is 11.5 Å². The van der Waals surface area contributed by atoms with Gasteiger partial charge in [-0.3, -0.25) is 14.9 Å². The molecular weight excluding hydrogens is 289 g/mol. The molecule has 0 saturated carbocycles. The van der Waals surface area contributed by atoms with E-state index in [4.69, 9.17) is 5.11 Å². The van der Waals surface area contributed by atoms with E-state index in [2.05, 4.69) is 14.5 Å². The number of aliphatic carboxylic acids is 1. The summed E-state index contributed by atoms with van der Waals surface area (Å²) in [5.41, 5.74) is -1.88. The number of halogens is 3. The number of carboxylic acids is 1. The van der Waals surface area contributed by atoms with Gasteiger partial charge in [0, 0.05) is 0 Å². The lowest BCUT2D eigenvalue weighted by Crippen LogP contribution is -2.19. The van der Waals surface area contributed by atoms with Gasteiger partial charge in [-0.15, -0.1) is 13.2 Å². The highest BCUT2D eigenvalue weighted by Crippen LogP contribution is 2.41. The molecule has 0 saturated heterocycles. The van der Waals surface area contributed by atoms with Gasteiger partial charge >= 0.3 is 18.0 Å². The van der Waals surface area contributed by atoms with Crippen LogP contribution in [0.15, 0.2) is 6.20 Å². The summed E-state index contributed by atoms with van der Waals surface area (Å²) >= 11 is 0. The van der Waals surface area contributed by atoms with Crippen LogP contribution in [0, 0.1) is 10.1 Å². The highest BCUT2D eigenvalue weighted by atomic mass is 19.4. The molecule has 8 nitrogen and oxygen atoms in total. The van der Waals surface area contributed by atoms with Crippen LogP contribution in [-0.2, 0) is 11.2 Å². The molecule has 0 unspecified atom stereocenters. The van der Waals surface area contributed by atoms with Crippen molar-refractivity contribution in [2.45, 2.75) is 12.8 Å². The molecule has 0 aliphatic heterocycles. The normalized spacial score (nSPS) is 11.0. The second-order valence-electron chi connectivity index (χ2n) is 3.33. The van der Waals surface area contributed by atoms with Gasteiger partial charge in [0.25, 0.3) is 5.75 Å². The summed E-state index contributed by atoms with van der Waals surface area (Å²) in [6.45, 7) is 0. The average Bonchev–Trinajstić information content (AvgIpc) is 2.25. The molecule has 1 N–H and O–H groups in total. The van der Waals surface area contributed by atoms with Crippen molar-refractivity contribution in [3.05, 3.63) is 22.0 Å². The summed E-state index contributed by atoms with van der Waals surface area (Å²) in [6.07, 6.45) is -5.43. The Morgan fingerprint density at radius 2 is 2.15 bits per heavy atom. The second-order valence-corrected chi connectivity index (χ2v) is 3.33. The monoisotopic (exact) mass is 296 g/mol. The SMILES string of the molecule is COc1cnc(CC(=O)O)c([N+](=O)[O-])c1OC(F)(F)F. The van der Waals surface area contributed by atoms with Crippen molar-refractivity contribution < 1.29 is 37.5 Å². The Labute approximate surface area is 108 Å². The molecule has 11 heteroatoms. The Hall–Kier alpha value is -2.59. The van der Waals surface area contributed by atoms with Gasteiger partial charge < -0.3 is 14.6 Å². The van der Waals surface area contributed by atoms with Crippen molar-refractivity contribution in [2.24, 2.45) is 0 Å². The molecule has 0 bridgehead atoms. The molecule has 1 aromatic rings. The number of carboxylic acid groups (broad SMARTS) is 1. The third-order valence-electron chi connectivity index (χ3n) is 1.99. The van der Waals surface area contributed by atoms with Crippen LogP contribution in [0.2, 0.25) is 0 Å². The number of aromatic nitrogens is 1. The fraction of sp³-hybridized carbons (Fsp3) is 0.333. The van der Waals surface area contributed by atoms with E-state index < -0.39 is 46.6 Å². The molecule has 1 rings (SSSR count). The van der Waals surface area contributed by atoms with Gasteiger partial charge in [0.15, 0.2) is 5.75 Å². The summed E-state index contributed by atoms with van der Waals surface area (Å²) in [5.74, 6) is -3.37. The van der Waals surface area contributed by atoms with Gasteiger partial charge in [0.2, 0.25) is 0 Å². The topological polar surface area (TPSA) is 112 Å². The highest BCUT2D eigenvalue weighted by Gasteiger charge is 2.38. The smallest absolute Gasteiger partial charge is 0.491 e. The summed E-state index contributed by atoms with van der Waals surface area (Å²) in [6, 6.07) is 0. The minimum Gasteiger partial charge on any atom is -0.491 e. The van der Waals surface area contributed by atoms with Crippen LogP contribution in [0.5, 0.6) is 11.5 Å². The largest absolute Gasteiger partial charge is 0.573 e. The van der Waals surface area contributed by atoms with E-state index in [-0.39, 0.29) is 0 Å². The minimum atomic E-state index is -5.21. The van der Waals surface area contributed by atoms with E-state index in [9.17, 15) is 28.1 Å². The maximum atomic E-state index is 12.3. The van der Waals surface area contributed by atoms with Gasteiger partial charge in [-0.05, 0) is 0 Å². The second kappa shape index (κ2) is 5.59.